The van der Waals surface area contributed by atoms with E-state index in [-0.39, 0.29) is 16.9 Å². The van der Waals surface area contributed by atoms with Gasteiger partial charge in [0, 0.05) is 16.9 Å². The number of halogens is 1. The van der Waals surface area contributed by atoms with Gasteiger partial charge in [0.05, 0.1) is 22.5 Å². The number of benzene rings is 2. The normalized spacial score (nSPS) is 12.1. The van der Waals surface area contributed by atoms with E-state index in [1.807, 2.05) is 0 Å². The molecular weight excluding hydrogens is 398 g/mol. The molecule has 1 atom stereocenters. The molecule has 122 valence electrons. The molecule has 0 aliphatic heterocycles. The maximum Gasteiger partial charge on any atom is 0.337 e. The molecule has 3 rings (SSSR count). The summed E-state index contributed by atoms with van der Waals surface area (Å²) in [5.74, 6) is -1.21. The van der Waals surface area contributed by atoms with Gasteiger partial charge in [0.1, 0.15) is 5.52 Å². The number of aromatic carboxylic acids is 1. The standard InChI is InChI=1S/C15H10BrN3O4S/c16-9-4-5-10(15(20)21)13(8-9)19(24(22)23)12-3-1-2-11-14(12)18-7-6-17-11/h1-8H,(H,20,21)(H,22,23). The molecule has 0 saturated heterocycles. The Kier molecular flexibility index (Phi) is 4.56. The lowest BCUT2D eigenvalue weighted by molar-refractivity contribution is 0.0698. The number of aromatic nitrogens is 2. The average Bonchev–Trinajstić information content (AvgIpc) is 2.55. The molecule has 0 aliphatic rings. The number of hydrogen-bond donors (Lipinski definition) is 2. The molecule has 2 aromatic carbocycles. The van der Waals surface area contributed by atoms with Crippen molar-refractivity contribution < 1.29 is 18.7 Å². The highest BCUT2D eigenvalue weighted by atomic mass is 79.9. The molecule has 24 heavy (non-hydrogen) atoms. The predicted molar refractivity (Wildman–Crippen MR) is 93.5 cm³/mol. The summed E-state index contributed by atoms with van der Waals surface area (Å²) in [6.07, 6.45) is 2.97. The molecule has 3 aromatic rings. The van der Waals surface area contributed by atoms with Crippen molar-refractivity contribution in [1.29, 1.82) is 0 Å². The number of fused-ring (bicyclic) bond motifs is 1. The highest BCUT2D eigenvalue weighted by Crippen LogP contribution is 2.35. The topological polar surface area (TPSA) is 104 Å². The predicted octanol–water partition coefficient (Wildman–Crippen LogP) is 3.37. The van der Waals surface area contributed by atoms with Crippen molar-refractivity contribution in [2.75, 3.05) is 4.31 Å². The number of para-hydroxylation sites is 1. The minimum atomic E-state index is -2.52. The minimum Gasteiger partial charge on any atom is -0.478 e. The first-order chi connectivity index (χ1) is 11.5. The first-order valence-corrected chi connectivity index (χ1v) is 8.48. The van der Waals surface area contributed by atoms with Crippen molar-refractivity contribution in [2.24, 2.45) is 0 Å². The summed E-state index contributed by atoms with van der Waals surface area (Å²) in [5.41, 5.74) is 1.15. The molecule has 0 fully saturated rings. The van der Waals surface area contributed by atoms with Gasteiger partial charge in [0.25, 0.3) is 11.3 Å². The van der Waals surface area contributed by atoms with Gasteiger partial charge in [-0.1, -0.05) is 22.0 Å². The molecule has 0 amide bonds. The highest BCUT2D eigenvalue weighted by molar-refractivity contribution is 9.10. The molecule has 0 bridgehead atoms. The van der Waals surface area contributed by atoms with Gasteiger partial charge in [-0.2, -0.15) is 0 Å². The largest absolute Gasteiger partial charge is 0.478 e. The van der Waals surface area contributed by atoms with Crippen LogP contribution >= 0.6 is 15.9 Å². The molecule has 0 saturated carbocycles. The van der Waals surface area contributed by atoms with E-state index in [2.05, 4.69) is 25.9 Å². The molecule has 9 heteroatoms. The van der Waals surface area contributed by atoms with Crippen molar-refractivity contribution in [3.8, 4) is 0 Å². The first-order valence-electron chi connectivity index (χ1n) is 6.62. The average molecular weight is 408 g/mol. The van der Waals surface area contributed by atoms with Crippen LogP contribution in [0, 0.1) is 0 Å². The Hall–Kier alpha value is -2.36. The van der Waals surface area contributed by atoms with E-state index in [0.29, 0.717) is 15.5 Å². The van der Waals surface area contributed by atoms with Crippen molar-refractivity contribution in [2.45, 2.75) is 0 Å². The van der Waals surface area contributed by atoms with Crippen LogP contribution in [0.4, 0.5) is 11.4 Å². The van der Waals surface area contributed by atoms with Crippen molar-refractivity contribution in [3.05, 3.63) is 58.8 Å². The Morgan fingerprint density at radius 1 is 1.12 bits per heavy atom. The lowest BCUT2D eigenvalue weighted by atomic mass is 10.1. The van der Waals surface area contributed by atoms with Crippen LogP contribution in [0.3, 0.4) is 0 Å². The highest BCUT2D eigenvalue weighted by Gasteiger charge is 2.24. The second kappa shape index (κ2) is 6.63. The Labute approximate surface area is 147 Å². The SMILES string of the molecule is O=C(O)c1ccc(Br)cc1N(c1cccc2nccnc12)S(=O)O. The van der Waals surface area contributed by atoms with Crippen LogP contribution < -0.4 is 4.31 Å². The van der Waals surface area contributed by atoms with E-state index < -0.39 is 17.2 Å². The number of carboxylic acid groups (broad SMARTS) is 1. The quantitative estimate of drug-likeness (QED) is 0.642. The minimum absolute atomic E-state index is 0.0656. The Balaban J connectivity index is 2.31. The summed E-state index contributed by atoms with van der Waals surface area (Å²) in [4.78, 5) is 19.9. The zero-order valence-corrected chi connectivity index (χ0v) is 14.4. The second-order valence-electron chi connectivity index (χ2n) is 4.69. The van der Waals surface area contributed by atoms with E-state index in [9.17, 15) is 18.7 Å². The Morgan fingerprint density at radius 2 is 1.88 bits per heavy atom. The van der Waals surface area contributed by atoms with Gasteiger partial charge in [-0.15, -0.1) is 0 Å². The van der Waals surface area contributed by atoms with Crippen LogP contribution in [0.5, 0.6) is 0 Å². The zero-order valence-electron chi connectivity index (χ0n) is 12.0. The van der Waals surface area contributed by atoms with Crippen LogP contribution in [0.1, 0.15) is 10.4 Å². The van der Waals surface area contributed by atoms with Gasteiger partial charge in [0.15, 0.2) is 0 Å². The smallest absolute Gasteiger partial charge is 0.337 e. The lowest BCUT2D eigenvalue weighted by Gasteiger charge is -2.22. The maximum absolute atomic E-state index is 12.0. The molecule has 1 heterocycles. The molecule has 2 N–H and O–H groups in total. The third kappa shape index (κ3) is 3.01. The first kappa shape index (κ1) is 16.5. The lowest BCUT2D eigenvalue weighted by Crippen LogP contribution is -2.22. The fourth-order valence-electron chi connectivity index (χ4n) is 2.29. The van der Waals surface area contributed by atoms with E-state index in [1.165, 1.54) is 24.5 Å². The second-order valence-corrected chi connectivity index (χ2v) is 6.44. The Bertz CT molecular complexity index is 961. The van der Waals surface area contributed by atoms with Gasteiger partial charge in [-0.3, -0.25) is 14.5 Å². The van der Waals surface area contributed by atoms with Gasteiger partial charge < -0.3 is 5.11 Å². The molecule has 0 spiro atoms. The summed E-state index contributed by atoms with van der Waals surface area (Å²) < 4.78 is 23.4. The summed E-state index contributed by atoms with van der Waals surface area (Å²) in [6, 6.07) is 9.32. The van der Waals surface area contributed by atoms with E-state index >= 15 is 0 Å². The van der Waals surface area contributed by atoms with Gasteiger partial charge >= 0.3 is 5.97 Å². The summed E-state index contributed by atoms with van der Waals surface area (Å²) in [5, 5.41) is 9.40. The number of carboxylic acids is 1. The van der Waals surface area contributed by atoms with Crippen LogP contribution in [-0.4, -0.2) is 29.8 Å². The van der Waals surface area contributed by atoms with Gasteiger partial charge in [-0.25, -0.2) is 13.3 Å². The molecule has 1 unspecified atom stereocenters. The van der Waals surface area contributed by atoms with Crippen molar-refractivity contribution >= 4 is 55.6 Å². The molecule has 0 radical (unpaired) electrons. The number of rotatable bonds is 4. The van der Waals surface area contributed by atoms with Crippen LogP contribution in [0.2, 0.25) is 0 Å². The summed E-state index contributed by atoms with van der Waals surface area (Å²) in [6.45, 7) is 0. The van der Waals surface area contributed by atoms with Crippen molar-refractivity contribution in [3.63, 3.8) is 0 Å². The van der Waals surface area contributed by atoms with Crippen molar-refractivity contribution in [1.82, 2.24) is 9.97 Å². The fraction of sp³-hybridized carbons (Fsp3) is 0. The number of nitrogens with zero attached hydrogens (tertiary/aromatic N) is 3. The number of anilines is 2. The number of hydrogen-bond acceptors (Lipinski definition) is 4. The van der Waals surface area contributed by atoms with Crippen LogP contribution in [0.15, 0.2) is 53.3 Å². The van der Waals surface area contributed by atoms with Crippen LogP contribution in [-0.2, 0) is 11.3 Å². The fourth-order valence-corrected chi connectivity index (χ4v) is 3.28. The molecule has 7 nitrogen and oxygen atoms in total. The Morgan fingerprint density at radius 3 is 2.58 bits per heavy atom. The molecule has 1 aromatic heterocycles. The van der Waals surface area contributed by atoms with E-state index in [0.717, 1.165) is 4.31 Å². The summed E-state index contributed by atoms with van der Waals surface area (Å²) >= 11 is 0.742. The third-order valence-electron chi connectivity index (χ3n) is 3.26. The van der Waals surface area contributed by atoms with E-state index in [1.54, 1.807) is 24.3 Å². The maximum atomic E-state index is 12.0. The molecule has 0 aliphatic carbocycles. The van der Waals surface area contributed by atoms with Gasteiger partial charge in [0.2, 0.25) is 0 Å². The van der Waals surface area contributed by atoms with Crippen LogP contribution in [0.25, 0.3) is 11.0 Å². The third-order valence-corrected chi connectivity index (χ3v) is 4.46. The summed E-state index contributed by atoms with van der Waals surface area (Å²) in [7, 11) is 0. The van der Waals surface area contributed by atoms with E-state index in [4.69, 9.17) is 0 Å². The monoisotopic (exact) mass is 407 g/mol. The zero-order chi connectivity index (χ0) is 17.3. The number of carbonyl (C=O) groups is 1. The molecular formula is C15H10BrN3O4S. The van der Waals surface area contributed by atoms with Gasteiger partial charge in [-0.05, 0) is 30.3 Å².